The van der Waals surface area contributed by atoms with Crippen molar-refractivity contribution < 1.29 is 29.0 Å². The lowest BCUT2D eigenvalue weighted by Gasteiger charge is -2.31. The number of unbranched alkanes of at least 4 members (excludes halogenated alkanes) is 1. The molecule has 0 aliphatic carbocycles. The van der Waals surface area contributed by atoms with E-state index >= 15 is 0 Å². The number of nitrogens with one attached hydrogen (secondary N) is 1. The molecule has 8 heteroatoms. The molecule has 2 aliphatic rings. The molecule has 2 heterocycles. The largest absolute Gasteiger partial charge is 0.493 e. The third-order valence-electron chi connectivity index (χ3n) is 7.98. The molecule has 0 bridgehead atoms. The predicted octanol–water partition coefficient (Wildman–Crippen LogP) is 4.39. The number of methoxy groups -OCH3 is 1. The van der Waals surface area contributed by atoms with Crippen LogP contribution in [-0.4, -0.2) is 47.0 Å². The summed E-state index contributed by atoms with van der Waals surface area (Å²) >= 11 is 0. The lowest BCUT2D eigenvalue weighted by atomic mass is 9.76. The molecule has 8 nitrogen and oxygen atoms in total. The summed E-state index contributed by atoms with van der Waals surface area (Å²) in [5.74, 6) is -3.06. The Labute approximate surface area is 233 Å². The fourth-order valence-electron chi connectivity index (χ4n) is 6.04. The fourth-order valence-corrected chi connectivity index (χ4v) is 6.04. The highest BCUT2D eigenvalue weighted by atomic mass is 16.5. The van der Waals surface area contributed by atoms with Crippen LogP contribution in [0.15, 0.2) is 78.9 Å². The van der Waals surface area contributed by atoms with Gasteiger partial charge in [-0.05, 0) is 23.6 Å². The number of para-hydroxylation sites is 1. The average Bonchev–Trinajstić information content (AvgIpc) is 3.44. The molecule has 0 aromatic heterocycles. The van der Waals surface area contributed by atoms with E-state index in [2.05, 4.69) is 5.32 Å². The van der Waals surface area contributed by atoms with Gasteiger partial charge in [0.1, 0.15) is 12.1 Å². The molecule has 4 unspecified atom stereocenters. The average molecular weight is 543 g/mol. The number of rotatable bonds is 11. The first-order valence-electron chi connectivity index (χ1n) is 13.6. The molecule has 40 heavy (non-hydrogen) atoms. The topological polar surface area (TPSA) is 105 Å². The highest BCUT2D eigenvalue weighted by molar-refractivity contribution is 6.09. The first-order valence-corrected chi connectivity index (χ1v) is 13.6. The minimum absolute atomic E-state index is 0.0473. The van der Waals surface area contributed by atoms with Crippen LogP contribution in [0.4, 0.5) is 0 Å². The van der Waals surface area contributed by atoms with Gasteiger partial charge in [-0.1, -0.05) is 86.1 Å². The molecule has 5 rings (SSSR count). The van der Waals surface area contributed by atoms with Crippen LogP contribution >= 0.6 is 0 Å². The Morgan fingerprint density at radius 2 is 1.62 bits per heavy atom. The Hall–Kier alpha value is -4.17. The van der Waals surface area contributed by atoms with Gasteiger partial charge in [-0.15, -0.1) is 0 Å². The number of hydrogen-bond acceptors (Lipinski definition) is 6. The van der Waals surface area contributed by atoms with Crippen molar-refractivity contribution in [3.05, 3.63) is 95.6 Å². The molecule has 2 fully saturated rings. The number of aliphatic carboxylic acids is 1. The second-order valence-electron chi connectivity index (χ2n) is 10.4. The SMILES string of the molecule is CCCCN1C(=O)C2C(c3cccc(OC)c3OCc3ccccc3)NC(Cc3ccccc3)(C(=O)O)C2C1=O. The van der Waals surface area contributed by atoms with Crippen molar-refractivity contribution in [1.82, 2.24) is 10.2 Å². The zero-order chi connectivity index (χ0) is 28.3. The van der Waals surface area contributed by atoms with E-state index in [0.29, 0.717) is 23.5 Å². The minimum Gasteiger partial charge on any atom is -0.493 e. The maximum absolute atomic E-state index is 13.9. The van der Waals surface area contributed by atoms with E-state index in [4.69, 9.17) is 9.47 Å². The van der Waals surface area contributed by atoms with E-state index in [1.54, 1.807) is 12.1 Å². The number of carbonyl (C=O) groups excluding carboxylic acids is 2. The van der Waals surface area contributed by atoms with Crippen LogP contribution < -0.4 is 14.8 Å². The maximum atomic E-state index is 13.9. The smallest absolute Gasteiger partial charge is 0.325 e. The van der Waals surface area contributed by atoms with Crippen LogP contribution in [0.3, 0.4) is 0 Å². The van der Waals surface area contributed by atoms with Gasteiger partial charge in [0.25, 0.3) is 0 Å². The van der Waals surface area contributed by atoms with Crippen LogP contribution in [0.1, 0.15) is 42.5 Å². The number of benzene rings is 3. The van der Waals surface area contributed by atoms with Crippen molar-refractivity contribution in [3.63, 3.8) is 0 Å². The highest BCUT2D eigenvalue weighted by Gasteiger charge is 2.68. The van der Waals surface area contributed by atoms with Gasteiger partial charge in [-0.2, -0.15) is 0 Å². The number of fused-ring (bicyclic) bond motifs is 1. The van der Waals surface area contributed by atoms with Crippen molar-refractivity contribution >= 4 is 17.8 Å². The van der Waals surface area contributed by atoms with Crippen LogP contribution in [-0.2, 0) is 27.4 Å². The molecule has 2 aliphatic heterocycles. The Morgan fingerprint density at radius 1 is 0.950 bits per heavy atom. The van der Waals surface area contributed by atoms with Gasteiger partial charge in [0.15, 0.2) is 11.5 Å². The number of nitrogens with zero attached hydrogens (tertiary/aromatic N) is 1. The van der Waals surface area contributed by atoms with Gasteiger partial charge < -0.3 is 14.6 Å². The quantitative estimate of drug-likeness (QED) is 0.346. The number of imide groups is 1. The summed E-state index contributed by atoms with van der Waals surface area (Å²) in [5, 5.41) is 14.0. The highest BCUT2D eigenvalue weighted by Crippen LogP contribution is 2.52. The van der Waals surface area contributed by atoms with E-state index in [1.807, 2.05) is 73.7 Å². The van der Waals surface area contributed by atoms with Gasteiger partial charge in [0, 0.05) is 24.6 Å². The van der Waals surface area contributed by atoms with Crippen molar-refractivity contribution in [3.8, 4) is 11.5 Å². The zero-order valence-corrected chi connectivity index (χ0v) is 22.7. The van der Waals surface area contributed by atoms with Gasteiger partial charge in [-0.3, -0.25) is 24.6 Å². The molecule has 4 atom stereocenters. The lowest BCUT2D eigenvalue weighted by molar-refractivity contribution is -0.151. The summed E-state index contributed by atoms with van der Waals surface area (Å²) in [6.07, 6.45) is 1.50. The third kappa shape index (κ3) is 4.84. The number of hydrogen-bond donors (Lipinski definition) is 2. The Bertz CT molecular complexity index is 1380. The second kappa shape index (κ2) is 11.5. The first-order chi connectivity index (χ1) is 19.4. The van der Waals surface area contributed by atoms with Crippen LogP contribution in [0.5, 0.6) is 11.5 Å². The van der Waals surface area contributed by atoms with Crippen molar-refractivity contribution in [1.29, 1.82) is 0 Å². The second-order valence-corrected chi connectivity index (χ2v) is 10.4. The molecule has 0 radical (unpaired) electrons. The number of carbonyl (C=O) groups is 3. The van der Waals surface area contributed by atoms with E-state index in [0.717, 1.165) is 17.5 Å². The molecule has 2 saturated heterocycles. The Kier molecular flexibility index (Phi) is 7.89. The number of ether oxygens (including phenoxy) is 2. The molecule has 0 saturated carbocycles. The zero-order valence-electron chi connectivity index (χ0n) is 22.7. The summed E-state index contributed by atoms with van der Waals surface area (Å²) in [7, 11) is 1.53. The van der Waals surface area contributed by atoms with Crippen LogP contribution in [0.25, 0.3) is 0 Å². The van der Waals surface area contributed by atoms with Crippen molar-refractivity contribution in [2.75, 3.05) is 13.7 Å². The predicted molar refractivity (Wildman–Crippen MR) is 149 cm³/mol. The van der Waals surface area contributed by atoms with E-state index in [1.165, 1.54) is 12.0 Å². The number of likely N-dealkylation sites (tertiary alicyclic amines) is 1. The molecule has 0 spiro atoms. The standard InChI is InChI=1S/C32H34N2O6/c1-3-4-18-34-29(35)25-26(30(34)36)32(31(37)38,19-21-12-7-5-8-13-21)33-27(25)23-16-11-17-24(39-2)28(23)40-20-22-14-9-6-10-15-22/h5-17,25-27,33H,3-4,18-20H2,1-2H3,(H,37,38). The maximum Gasteiger partial charge on any atom is 0.325 e. The molecule has 2 N–H and O–H groups in total. The van der Waals surface area contributed by atoms with Crippen molar-refractivity contribution in [2.45, 2.75) is 44.4 Å². The summed E-state index contributed by atoms with van der Waals surface area (Å²) in [5.41, 5.74) is 0.595. The third-order valence-corrected chi connectivity index (χ3v) is 7.98. The van der Waals surface area contributed by atoms with E-state index in [-0.39, 0.29) is 25.5 Å². The lowest BCUT2D eigenvalue weighted by Crippen LogP contribution is -2.57. The summed E-state index contributed by atoms with van der Waals surface area (Å²) in [4.78, 5) is 42.2. The molecule has 208 valence electrons. The van der Waals surface area contributed by atoms with Gasteiger partial charge in [-0.25, -0.2) is 0 Å². The number of amides is 2. The minimum atomic E-state index is -1.69. The van der Waals surface area contributed by atoms with Crippen molar-refractivity contribution in [2.24, 2.45) is 11.8 Å². The van der Waals surface area contributed by atoms with E-state index in [9.17, 15) is 19.5 Å². The number of carboxylic acid groups (broad SMARTS) is 1. The molecule has 3 aromatic rings. The summed E-state index contributed by atoms with van der Waals surface area (Å²) in [6.45, 7) is 2.50. The fraction of sp³-hybridized carbons (Fsp3) is 0.344. The first kappa shape index (κ1) is 27.4. The molecular weight excluding hydrogens is 508 g/mol. The molecule has 2 amide bonds. The van der Waals surface area contributed by atoms with Gasteiger partial charge in [0.05, 0.1) is 18.9 Å². The van der Waals surface area contributed by atoms with Gasteiger partial charge in [0.2, 0.25) is 11.8 Å². The molecule has 3 aromatic carbocycles. The normalized spacial score (nSPS) is 23.8. The molecular formula is C32H34N2O6. The van der Waals surface area contributed by atoms with E-state index < -0.39 is 35.3 Å². The monoisotopic (exact) mass is 542 g/mol. The van der Waals surface area contributed by atoms with Crippen LogP contribution in [0.2, 0.25) is 0 Å². The Balaban J connectivity index is 1.61. The Morgan fingerprint density at radius 3 is 2.25 bits per heavy atom. The summed E-state index contributed by atoms with van der Waals surface area (Å²) < 4.78 is 11.9. The summed E-state index contributed by atoms with van der Waals surface area (Å²) in [6, 6.07) is 23.4. The van der Waals surface area contributed by atoms with Crippen LogP contribution in [0, 0.1) is 11.8 Å². The van der Waals surface area contributed by atoms with Gasteiger partial charge >= 0.3 is 5.97 Å². The number of carboxylic acids is 1.